The second-order valence-corrected chi connectivity index (χ2v) is 20.7. The number of benzene rings is 1. The fraction of sp³-hybridized carbons (Fsp3) is 0.708. The second-order valence-electron chi connectivity index (χ2n) is 11.8. The van der Waals surface area contributed by atoms with Gasteiger partial charge in [-0.15, -0.1) is 0 Å². The third-order valence-electron chi connectivity index (χ3n) is 7.42. The van der Waals surface area contributed by atoms with E-state index in [0.29, 0.717) is 36.1 Å². The molecule has 0 bridgehead atoms. The van der Waals surface area contributed by atoms with Crippen molar-refractivity contribution in [1.82, 2.24) is 0 Å². The van der Waals surface area contributed by atoms with Gasteiger partial charge in [-0.3, -0.25) is 4.79 Å². The van der Waals surface area contributed by atoms with Gasteiger partial charge in [-0.25, -0.2) is 0 Å². The fourth-order valence-corrected chi connectivity index (χ4v) is 8.45. The number of fused-ring (bicyclic) bond motifs is 5. The van der Waals surface area contributed by atoms with Crippen LogP contribution < -0.4 is 4.43 Å². The van der Waals surface area contributed by atoms with Crippen molar-refractivity contribution in [2.75, 3.05) is 0 Å². The predicted molar refractivity (Wildman–Crippen MR) is 124 cm³/mol. The Labute approximate surface area is 178 Å². The van der Waals surface area contributed by atoms with Crippen LogP contribution in [-0.2, 0) is 4.43 Å². The van der Waals surface area contributed by atoms with Gasteiger partial charge in [-0.1, -0.05) is 13.0 Å². The molecular weight excluding hydrogens is 392 g/mol. The summed E-state index contributed by atoms with van der Waals surface area (Å²) in [6, 6.07) is 6.34. The Morgan fingerprint density at radius 1 is 1.00 bits per heavy atom. The van der Waals surface area contributed by atoms with E-state index in [9.17, 15) is 4.79 Å². The van der Waals surface area contributed by atoms with E-state index in [0.717, 1.165) is 11.3 Å². The Bertz CT molecular complexity index is 807. The first-order chi connectivity index (χ1) is 13.4. The van der Waals surface area contributed by atoms with Crippen LogP contribution in [0.5, 0.6) is 5.75 Å². The largest absolute Gasteiger partial charge is 0.544 e. The molecule has 2 saturated carbocycles. The first-order valence-electron chi connectivity index (χ1n) is 11.4. The van der Waals surface area contributed by atoms with Crippen LogP contribution in [0.3, 0.4) is 0 Å². The molecule has 1 aromatic carbocycles. The number of carbonyl (C=O) groups is 1. The summed E-state index contributed by atoms with van der Waals surface area (Å²) in [5.74, 6) is 2.80. The second kappa shape index (κ2) is 7.06. The summed E-state index contributed by atoms with van der Waals surface area (Å²) in [6.07, 6.45) is 5.86. The number of hydrogen-bond acceptors (Lipinski definition) is 3. The van der Waals surface area contributed by atoms with Gasteiger partial charge < -0.3 is 8.85 Å². The van der Waals surface area contributed by atoms with E-state index in [1.807, 2.05) is 6.07 Å². The molecule has 3 nitrogen and oxygen atoms in total. The molecule has 1 aromatic rings. The average Bonchev–Trinajstić information content (AvgIpc) is 2.89. The number of hydrogen-bond donors (Lipinski definition) is 0. The van der Waals surface area contributed by atoms with E-state index >= 15 is 0 Å². The molecule has 0 spiro atoms. The minimum atomic E-state index is -1.68. The maximum atomic E-state index is 13.2. The highest BCUT2D eigenvalue weighted by Gasteiger charge is 2.56. The van der Waals surface area contributed by atoms with Crippen molar-refractivity contribution in [3.63, 3.8) is 0 Å². The normalized spacial score (nSPS) is 34.4. The summed E-state index contributed by atoms with van der Waals surface area (Å²) < 4.78 is 12.8. The van der Waals surface area contributed by atoms with E-state index in [4.69, 9.17) is 8.85 Å². The number of Topliss-reactive ketones (excluding diaryl/α,β-unsaturated/α-hetero) is 1. The van der Waals surface area contributed by atoms with Crippen molar-refractivity contribution in [1.29, 1.82) is 0 Å². The van der Waals surface area contributed by atoms with Gasteiger partial charge in [0.15, 0.2) is 14.1 Å². The maximum absolute atomic E-state index is 13.2. The van der Waals surface area contributed by atoms with Gasteiger partial charge in [0.2, 0.25) is 8.32 Å². The summed E-state index contributed by atoms with van der Waals surface area (Å²) in [5.41, 5.74) is 2.45. The van der Waals surface area contributed by atoms with Crippen LogP contribution in [0.1, 0.15) is 60.9 Å². The molecule has 0 N–H and O–H groups in total. The predicted octanol–water partition coefficient (Wildman–Crippen LogP) is 6.62. The summed E-state index contributed by atoms with van der Waals surface area (Å²) in [7, 11) is -3.24. The Hall–Kier alpha value is -0.916. The van der Waals surface area contributed by atoms with Crippen LogP contribution in [0.2, 0.25) is 39.3 Å². The van der Waals surface area contributed by atoms with E-state index in [1.165, 1.54) is 31.2 Å². The topological polar surface area (TPSA) is 35.5 Å². The molecule has 0 aliphatic heterocycles. The van der Waals surface area contributed by atoms with Crippen molar-refractivity contribution in [2.45, 2.75) is 90.3 Å². The van der Waals surface area contributed by atoms with Crippen molar-refractivity contribution >= 4 is 22.4 Å². The van der Waals surface area contributed by atoms with Crippen LogP contribution in [0.15, 0.2) is 18.2 Å². The Morgan fingerprint density at radius 2 is 1.72 bits per heavy atom. The lowest BCUT2D eigenvalue weighted by atomic mass is 9.55. The Morgan fingerprint density at radius 3 is 2.38 bits per heavy atom. The van der Waals surface area contributed by atoms with E-state index in [1.54, 1.807) is 0 Å². The van der Waals surface area contributed by atoms with Crippen LogP contribution in [-0.4, -0.2) is 28.5 Å². The molecule has 29 heavy (non-hydrogen) atoms. The smallest absolute Gasteiger partial charge is 0.242 e. The highest BCUT2D eigenvalue weighted by atomic mass is 28.4. The summed E-state index contributed by atoms with van der Waals surface area (Å²) in [4.78, 5) is 13.2. The van der Waals surface area contributed by atoms with Crippen molar-refractivity contribution < 1.29 is 13.6 Å². The summed E-state index contributed by atoms with van der Waals surface area (Å²) in [5, 5.41) is 0. The van der Waals surface area contributed by atoms with Crippen LogP contribution in [0.4, 0.5) is 0 Å². The van der Waals surface area contributed by atoms with Gasteiger partial charge in [-0.2, -0.15) is 0 Å². The molecule has 3 aliphatic rings. The van der Waals surface area contributed by atoms with Gasteiger partial charge in [-0.05, 0) is 106 Å². The maximum Gasteiger partial charge on any atom is 0.242 e. The monoisotopic (exact) mass is 430 g/mol. The molecule has 5 atom stereocenters. The minimum absolute atomic E-state index is 0.236. The zero-order chi connectivity index (χ0) is 21.2. The van der Waals surface area contributed by atoms with Crippen LogP contribution >= 0.6 is 0 Å². The zero-order valence-electron chi connectivity index (χ0n) is 19.3. The average molecular weight is 431 g/mol. The molecule has 1 unspecified atom stereocenters. The fourth-order valence-electron chi connectivity index (χ4n) is 6.37. The summed E-state index contributed by atoms with van der Waals surface area (Å²) in [6.45, 7) is 15.9. The lowest BCUT2D eigenvalue weighted by Gasteiger charge is -2.51. The third-order valence-corrected chi connectivity index (χ3v) is 9.26. The van der Waals surface area contributed by atoms with Gasteiger partial charge in [0.05, 0.1) is 6.10 Å². The Kier molecular flexibility index (Phi) is 5.19. The molecule has 4 rings (SSSR count). The van der Waals surface area contributed by atoms with E-state index < -0.39 is 16.6 Å². The quantitative estimate of drug-likeness (QED) is 0.504. The number of carbonyl (C=O) groups excluding carboxylic acids is 1. The highest BCUT2D eigenvalue weighted by Crippen LogP contribution is 2.61. The molecule has 2 fully saturated rings. The number of rotatable bonds is 4. The van der Waals surface area contributed by atoms with Gasteiger partial charge >= 0.3 is 0 Å². The molecule has 160 valence electrons. The zero-order valence-corrected chi connectivity index (χ0v) is 21.3. The highest BCUT2D eigenvalue weighted by molar-refractivity contribution is 6.70. The standard InChI is InChI=1S/C24H38O3Si2/c1-24-13-12-18-17-9-8-16(26-28(2,3)4)14-20(17)22(25)15-19(18)21(24)10-11-23(24)27-29(5,6)7/h8-9,14,18-19,21,23H,10-13,15H2,1-7H3/t18-,19-,21+,23?,24+/m1/s1. The van der Waals surface area contributed by atoms with Gasteiger partial charge in [0, 0.05) is 12.0 Å². The molecule has 0 heterocycles. The molecule has 5 heteroatoms. The van der Waals surface area contributed by atoms with Crippen molar-refractivity contribution in [3.8, 4) is 5.75 Å². The van der Waals surface area contributed by atoms with E-state index in [2.05, 4.69) is 58.3 Å². The van der Waals surface area contributed by atoms with E-state index in [-0.39, 0.29) is 5.41 Å². The minimum Gasteiger partial charge on any atom is -0.544 e. The molecule has 0 aromatic heterocycles. The van der Waals surface area contributed by atoms with Gasteiger partial charge in [0.25, 0.3) is 0 Å². The lowest BCUT2D eigenvalue weighted by molar-refractivity contribution is -0.0123. The molecule has 0 radical (unpaired) electrons. The SMILES string of the molecule is C[C@]12CC[C@@H]3c4ccc(O[Si](C)(C)C)cc4C(=O)C[C@H]3[C@@H]1CCC2O[Si](C)(C)C. The van der Waals surface area contributed by atoms with Crippen LogP contribution in [0, 0.1) is 17.3 Å². The first-order valence-corrected chi connectivity index (χ1v) is 18.2. The van der Waals surface area contributed by atoms with Gasteiger partial charge in [0.1, 0.15) is 5.75 Å². The molecule has 0 amide bonds. The first kappa shape index (κ1) is 21.3. The Balaban J connectivity index is 1.61. The van der Waals surface area contributed by atoms with Crippen molar-refractivity contribution in [2.24, 2.45) is 17.3 Å². The molecule has 0 saturated heterocycles. The summed E-state index contributed by atoms with van der Waals surface area (Å²) >= 11 is 0. The third kappa shape index (κ3) is 4.02. The molecule has 3 aliphatic carbocycles. The van der Waals surface area contributed by atoms with Crippen LogP contribution in [0.25, 0.3) is 0 Å². The number of ketones is 1. The van der Waals surface area contributed by atoms with Crippen molar-refractivity contribution in [3.05, 3.63) is 29.3 Å². The lowest BCUT2D eigenvalue weighted by Crippen LogP contribution is -2.47. The molecular formula is C24H38O3Si2.